The number of hydrogen-bond acceptors (Lipinski definition) is 7. The lowest BCUT2D eigenvalue weighted by atomic mass is 10.0. The van der Waals surface area contributed by atoms with Gasteiger partial charge in [-0.3, -0.25) is 4.79 Å². The average Bonchev–Trinajstić information content (AvgIpc) is 2.95. The number of amides is 1. The summed E-state index contributed by atoms with van der Waals surface area (Å²) in [7, 11) is 0. The number of aromatic hydroxyl groups is 1. The number of aromatic nitrogens is 2. The van der Waals surface area contributed by atoms with Crippen molar-refractivity contribution in [2.24, 2.45) is 5.10 Å². The lowest BCUT2D eigenvalue weighted by molar-refractivity contribution is 0.0946. The van der Waals surface area contributed by atoms with E-state index < -0.39 is 5.91 Å². The molecule has 110 valence electrons. The summed E-state index contributed by atoms with van der Waals surface area (Å²) in [5.41, 5.74) is 7.98. The second-order valence-corrected chi connectivity index (χ2v) is 4.42. The van der Waals surface area contributed by atoms with Gasteiger partial charge in [0.25, 0.3) is 5.91 Å². The van der Waals surface area contributed by atoms with Crippen LogP contribution in [0.3, 0.4) is 0 Å². The SMILES string of the molecule is Nc1nonc1C(=O)N/N=C/c1c(O)ccc2ccccc12. The van der Waals surface area contributed by atoms with Crippen molar-refractivity contribution in [3.8, 4) is 5.75 Å². The molecule has 4 N–H and O–H groups in total. The lowest BCUT2D eigenvalue weighted by Crippen LogP contribution is -2.19. The number of carbonyl (C=O) groups is 1. The highest BCUT2D eigenvalue weighted by molar-refractivity contribution is 6.03. The molecule has 0 fully saturated rings. The molecule has 0 aliphatic carbocycles. The van der Waals surface area contributed by atoms with Crippen LogP contribution < -0.4 is 11.2 Å². The highest BCUT2D eigenvalue weighted by atomic mass is 16.6. The fourth-order valence-corrected chi connectivity index (χ4v) is 1.98. The smallest absolute Gasteiger partial charge is 0.297 e. The topological polar surface area (TPSA) is 127 Å². The van der Waals surface area contributed by atoms with E-state index in [4.69, 9.17) is 5.73 Å². The van der Waals surface area contributed by atoms with E-state index in [2.05, 4.69) is 25.5 Å². The number of phenols is 1. The Hall–Kier alpha value is -3.42. The number of hydrogen-bond donors (Lipinski definition) is 3. The van der Waals surface area contributed by atoms with Gasteiger partial charge in [0.1, 0.15) is 5.75 Å². The molecule has 0 saturated carbocycles. The molecule has 8 heteroatoms. The fraction of sp³-hybridized carbons (Fsp3) is 0. The first-order valence-corrected chi connectivity index (χ1v) is 6.29. The first-order chi connectivity index (χ1) is 10.7. The van der Waals surface area contributed by atoms with Crippen LogP contribution in [0, 0.1) is 0 Å². The van der Waals surface area contributed by atoms with Crippen molar-refractivity contribution in [1.82, 2.24) is 15.7 Å². The van der Waals surface area contributed by atoms with E-state index in [1.54, 1.807) is 12.1 Å². The monoisotopic (exact) mass is 297 g/mol. The van der Waals surface area contributed by atoms with Gasteiger partial charge in [0.05, 0.1) is 6.21 Å². The molecule has 0 bridgehead atoms. The van der Waals surface area contributed by atoms with Crippen LogP contribution in [-0.2, 0) is 0 Å². The molecule has 8 nitrogen and oxygen atoms in total. The largest absolute Gasteiger partial charge is 0.507 e. The third kappa shape index (κ3) is 2.44. The number of nitrogen functional groups attached to an aromatic ring is 1. The van der Waals surface area contributed by atoms with Gasteiger partial charge in [-0.2, -0.15) is 5.10 Å². The maximum atomic E-state index is 11.7. The van der Waals surface area contributed by atoms with Crippen molar-refractivity contribution in [2.45, 2.75) is 0 Å². The second kappa shape index (κ2) is 5.52. The molecule has 3 rings (SSSR count). The summed E-state index contributed by atoms with van der Waals surface area (Å²) in [4.78, 5) is 11.7. The minimum atomic E-state index is -0.658. The molecule has 2 aromatic carbocycles. The summed E-state index contributed by atoms with van der Waals surface area (Å²) >= 11 is 0. The van der Waals surface area contributed by atoms with Crippen molar-refractivity contribution in [3.05, 3.63) is 47.7 Å². The van der Waals surface area contributed by atoms with Crippen molar-refractivity contribution in [2.75, 3.05) is 5.73 Å². The normalized spacial score (nSPS) is 11.1. The van der Waals surface area contributed by atoms with Crippen LogP contribution in [0.15, 0.2) is 46.1 Å². The van der Waals surface area contributed by atoms with E-state index in [1.807, 2.05) is 24.3 Å². The van der Waals surface area contributed by atoms with E-state index in [9.17, 15) is 9.90 Å². The van der Waals surface area contributed by atoms with Crippen LogP contribution in [-0.4, -0.2) is 27.5 Å². The zero-order valence-electron chi connectivity index (χ0n) is 11.2. The molecule has 1 heterocycles. The molecule has 0 aliphatic rings. The average molecular weight is 297 g/mol. The molecule has 0 atom stereocenters. The molecule has 22 heavy (non-hydrogen) atoms. The van der Waals surface area contributed by atoms with Gasteiger partial charge in [-0.05, 0) is 27.2 Å². The number of phenolic OH excluding ortho intramolecular Hbond substituents is 1. The third-order valence-corrected chi connectivity index (χ3v) is 3.04. The van der Waals surface area contributed by atoms with Crippen molar-refractivity contribution in [1.29, 1.82) is 0 Å². The summed E-state index contributed by atoms with van der Waals surface area (Å²) in [5, 5.41) is 22.2. The maximum Gasteiger partial charge on any atom is 0.297 e. The van der Waals surface area contributed by atoms with Crippen molar-refractivity contribution < 1.29 is 14.5 Å². The highest BCUT2D eigenvalue weighted by Gasteiger charge is 2.15. The van der Waals surface area contributed by atoms with Crippen LogP contribution in [0.1, 0.15) is 16.1 Å². The van der Waals surface area contributed by atoms with Gasteiger partial charge in [0, 0.05) is 5.56 Å². The van der Waals surface area contributed by atoms with Crippen LogP contribution >= 0.6 is 0 Å². The molecule has 0 radical (unpaired) electrons. The van der Waals surface area contributed by atoms with E-state index in [-0.39, 0.29) is 17.3 Å². The number of nitrogens with one attached hydrogen (secondary N) is 1. The summed E-state index contributed by atoms with van der Waals surface area (Å²) in [6.45, 7) is 0. The van der Waals surface area contributed by atoms with Gasteiger partial charge in [-0.15, -0.1) is 0 Å². The van der Waals surface area contributed by atoms with Gasteiger partial charge in [-0.25, -0.2) is 10.1 Å². The Labute approximate surface area is 124 Å². The van der Waals surface area contributed by atoms with Gasteiger partial charge in [0.2, 0.25) is 11.5 Å². The maximum absolute atomic E-state index is 11.7. The number of nitrogens with two attached hydrogens (primary N) is 1. The molecule has 0 aliphatic heterocycles. The standard InChI is InChI=1S/C14H11N5O3/c15-13-12(18-22-19-13)14(21)17-16-7-10-9-4-2-1-3-8(9)5-6-11(10)20/h1-7,20H,(H2,15,19)(H,17,21)/b16-7+. The number of anilines is 1. The number of fused-ring (bicyclic) bond motifs is 1. The van der Waals surface area contributed by atoms with Gasteiger partial charge in [-0.1, -0.05) is 30.3 Å². The van der Waals surface area contributed by atoms with Gasteiger partial charge < -0.3 is 10.8 Å². The van der Waals surface area contributed by atoms with E-state index in [0.29, 0.717) is 5.56 Å². The fourth-order valence-electron chi connectivity index (χ4n) is 1.98. The number of rotatable bonds is 3. The molecule has 1 amide bonds. The van der Waals surface area contributed by atoms with Gasteiger partial charge in [0.15, 0.2) is 0 Å². The number of hydrazone groups is 1. The van der Waals surface area contributed by atoms with Crippen LogP contribution in [0.25, 0.3) is 10.8 Å². The minimum Gasteiger partial charge on any atom is -0.507 e. The Morgan fingerprint density at radius 3 is 2.86 bits per heavy atom. The van der Waals surface area contributed by atoms with E-state index >= 15 is 0 Å². The Bertz CT molecular complexity index is 872. The summed E-state index contributed by atoms with van der Waals surface area (Å²) < 4.78 is 4.33. The Morgan fingerprint density at radius 2 is 2.09 bits per heavy atom. The minimum absolute atomic E-state index is 0.0549. The highest BCUT2D eigenvalue weighted by Crippen LogP contribution is 2.25. The lowest BCUT2D eigenvalue weighted by Gasteiger charge is -2.04. The molecule has 1 aromatic heterocycles. The summed E-state index contributed by atoms with van der Waals surface area (Å²) in [6, 6.07) is 10.8. The Morgan fingerprint density at radius 1 is 1.27 bits per heavy atom. The zero-order chi connectivity index (χ0) is 15.5. The second-order valence-electron chi connectivity index (χ2n) is 4.42. The summed E-state index contributed by atoms with van der Waals surface area (Å²) in [6.07, 6.45) is 1.35. The molecular weight excluding hydrogens is 286 g/mol. The quantitative estimate of drug-likeness (QED) is 0.493. The number of nitrogens with zero attached hydrogens (tertiary/aromatic N) is 3. The molecule has 0 spiro atoms. The predicted molar refractivity (Wildman–Crippen MR) is 79.4 cm³/mol. The summed E-state index contributed by atoms with van der Waals surface area (Å²) in [5.74, 6) is -0.727. The molecule has 0 unspecified atom stereocenters. The zero-order valence-corrected chi connectivity index (χ0v) is 11.2. The molecule has 3 aromatic rings. The van der Waals surface area contributed by atoms with E-state index in [0.717, 1.165) is 10.8 Å². The Kier molecular flexibility index (Phi) is 3.40. The number of carbonyl (C=O) groups excluding carboxylic acids is 1. The van der Waals surface area contributed by atoms with Crippen LogP contribution in [0.2, 0.25) is 0 Å². The first kappa shape index (κ1) is 13.6. The number of benzene rings is 2. The van der Waals surface area contributed by atoms with E-state index in [1.165, 1.54) is 6.21 Å². The van der Waals surface area contributed by atoms with Crippen molar-refractivity contribution in [3.63, 3.8) is 0 Å². The first-order valence-electron chi connectivity index (χ1n) is 6.29. The predicted octanol–water partition coefficient (Wildman–Crippen LogP) is 1.27. The molecule has 0 saturated heterocycles. The van der Waals surface area contributed by atoms with Gasteiger partial charge >= 0.3 is 0 Å². The molecular formula is C14H11N5O3. The third-order valence-electron chi connectivity index (χ3n) is 3.04. The Balaban J connectivity index is 1.86. The van der Waals surface area contributed by atoms with Crippen molar-refractivity contribution >= 4 is 28.7 Å². The van der Waals surface area contributed by atoms with Crippen LogP contribution in [0.5, 0.6) is 5.75 Å². The van der Waals surface area contributed by atoms with Crippen LogP contribution in [0.4, 0.5) is 5.82 Å².